The van der Waals surface area contributed by atoms with Crippen LogP contribution in [0.15, 0.2) is 28.8 Å². The van der Waals surface area contributed by atoms with Crippen LogP contribution in [0.5, 0.6) is 5.75 Å². The molecule has 0 saturated carbocycles. The molecule has 0 saturated heterocycles. The number of nitrogens with one attached hydrogen (secondary N) is 1. The van der Waals surface area contributed by atoms with Crippen molar-refractivity contribution in [1.29, 1.82) is 0 Å². The van der Waals surface area contributed by atoms with Gasteiger partial charge in [-0.25, -0.2) is 4.98 Å². The summed E-state index contributed by atoms with van der Waals surface area (Å²) in [6, 6.07) is 7.24. The van der Waals surface area contributed by atoms with Crippen molar-refractivity contribution in [3.05, 3.63) is 57.4 Å². The summed E-state index contributed by atoms with van der Waals surface area (Å²) in [4.78, 5) is 18.8. The van der Waals surface area contributed by atoms with E-state index in [1.165, 1.54) is 24.1 Å². The highest BCUT2D eigenvalue weighted by molar-refractivity contribution is 7.15. The molecule has 0 unspecified atom stereocenters. The minimum absolute atomic E-state index is 0.210. The number of ether oxygens (including phenoxy) is 1. The monoisotopic (exact) mass is 397 g/mol. The fourth-order valence-electron chi connectivity index (χ4n) is 3.38. The van der Waals surface area contributed by atoms with Gasteiger partial charge >= 0.3 is 0 Å². The van der Waals surface area contributed by atoms with Crippen molar-refractivity contribution in [2.24, 2.45) is 0 Å². The Morgan fingerprint density at radius 3 is 2.86 bits per heavy atom. The second-order valence-electron chi connectivity index (χ2n) is 6.99. The number of hydrogen-bond donors (Lipinski definition) is 1. The van der Waals surface area contributed by atoms with Gasteiger partial charge in [0.15, 0.2) is 5.13 Å². The van der Waals surface area contributed by atoms with E-state index >= 15 is 0 Å². The molecule has 28 heavy (non-hydrogen) atoms. The Morgan fingerprint density at radius 1 is 1.21 bits per heavy atom. The van der Waals surface area contributed by atoms with Crippen molar-refractivity contribution in [2.75, 3.05) is 5.32 Å². The molecule has 2 heterocycles. The van der Waals surface area contributed by atoms with Gasteiger partial charge in [0.1, 0.15) is 18.1 Å². The Morgan fingerprint density at radius 2 is 2.04 bits per heavy atom. The zero-order chi connectivity index (χ0) is 19.5. The van der Waals surface area contributed by atoms with E-state index in [1.807, 2.05) is 26.0 Å². The van der Waals surface area contributed by atoms with Crippen LogP contribution in [0.2, 0.25) is 0 Å². The third-order valence-electron chi connectivity index (χ3n) is 5.00. The van der Waals surface area contributed by atoms with Gasteiger partial charge in [0.05, 0.1) is 22.5 Å². The molecule has 1 N–H and O–H groups in total. The van der Waals surface area contributed by atoms with Crippen LogP contribution in [0.1, 0.15) is 57.2 Å². The zero-order valence-corrected chi connectivity index (χ0v) is 16.9. The molecule has 6 nitrogen and oxygen atoms in total. The number of carbonyl (C=O) groups excluding carboxylic acids is 1. The summed E-state index contributed by atoms with van der Waals surface area (Å²) in [5, 5.41) is 7.55. The van der Waals surface area contributed by atoms with E-state index < -0.39 is 0 Å². The Labute approximate surface area is 167 Å². The van der Waals surface area contributed by atoms with Gasteiger partial charge in [0.25, 0.3) is 5.91 Å². The van der Waals surface area contributed by atoms with E-state index in [2.05, 4.69) is 15.5 Å². The highest BCUT2D eigenvalue weighted by atomic mass is 32.1. The molecule has 0 radical (unpaired) electrons. The number of thiazole rings is 1. The second kappa shape index (κ2) is 8.14. The van der Waals surface area contributed by atoms with E-state index in [0.717, 1.165) is 35.6 Å². The summed E-state index contributed by atoms with van der Waals surface area (Å²) in [5.41, 5.74) is 3.32. The van der Waals surface area contributed by atoms with E-state index in [1.54, 1.807) is 23.5 Å². The molecule has 1 aromatic carbocycles. The predicted molar refractivity (Wildman–Crippen MR) is 108 cm³/mol. The number of fused-ring (bicyclic) bond motifs is 1. The number of carbonyl (C=O) groups is 1. The third-order valence-corrected chi connectivity index (χ3v) is 6.07. The number of benzene rings is 1. The molecule has 1 aliphatic carbocycles. The van der Waals surface area contributed by atoms with Crippen LogP contribution in [0, 0.1) is 13.8 Å². The second-order valence-corrected chi connectivity index (χ2v) is 8.07. The van der Waals surface area contributed by atoms with Crippen LogP contribution in [0.25, 0.3) is 0 Å². The SMILES string of the molecule is Cc1noc(C)c1COc1ccccc1C(=O)Nc1nc2c(s1)CCCCC2. The predicted octanol–water partition coefficient (Wildman–Crippen LogP) is 4.85. The average molecular weight is 398 g/mol. The first kappa shape index (κ1) is 18.7. The van der Waals surface area contributed by atoms with Crippen LogP contribution in [-0.2, 0) is 19.4 Å². The first-order chi connectivity index (χ1) is 13.6. The topological polar surface area (TPSA) is 77.2 Å². The summed E-state index contributed by atoms with van der Waals surface area (Å²) >= 11 is 1.59. The molecule has 3 aromatic rings. The van der Waals surface area contributed by atoms with Crippen LogP contribution < -0.4 is 10.1 Å². The minimum Gasteiger partial charge on any atom is -0.488 e. The number of nitrogens with zero attached hydrogens (tertiary/aromatic N) is 2. The Hall–Kier alpha value is -2.67. The molecule has 2 aromatic heterocycles. The molecule has 1 aliphatic rings. The molecule has 0 fully saturated rings. The minimum atomic E-state index is -0.210. The van der Waals surface area contributed by atoms with Gasteiger partial charge in [-0.05, 0) is 51.7 Å². The summed E-state index contributed by atoms with van der Waals surface area (Å²) in [6.45, 7) is 4.03. The number of aromatic nitrogens is 2. The van der Waals surface area contributed by atoms with Crippen molar-refractivity contribution in [3.63, 3.8) is 0 Å². The summed E-state index contributed by atoms with van der Waals surface area (Å²) < 4.78 is 11.1. The van der Waals surface area contributed by atoms with Gasteiger partial charge in [-0.15, -0.1) is 11.3 Å². The maximum absolute atomic E-state index is 12.9. The van der Waals surface area contributed by atoms with Crippen molar-refractivity contribution < 1.29 is 14.1 Å². The Bertz CT molecular complexity index is 950. The third kappa shape index (κ3) is 3.94. The van der Waals surface area contributed by atoms with Gasteiger partial charge in [0.2, 0.25) is 0 Å². The van der Waals surface area contributed by atoms with Crippen LogP contribution in [0.4, 0.5) is 5.13 Å². The van der Waals surface area contributed by atoms with E-state index in [9.17, 15) is 4.79 Å². The summed E-state index contributed by atoms with van der Waals surface area (Å²) in [7, 11) is 0. The fourth-order valence-corrected chi connectivity index (χ4v) is 4.43. The van der Waals surface area contributed by atoms with Gasteiger partial charge in [-0.3, -0.25) is 10.1 Å². The standard InChI is InChI=1S/C21H23N3O3S/c1-13-16(14(2)27-24-13)12-26-18-10-7-6-8-15(18)20(25)23-21-22-17-9-4-3-5-11-19(17)28-21/h6-8,10H,3-5,9,11-12H2,1-2H3,(H,22,23,25). The van der Waals surface area contributed by atoms with Gasteiger partial charge in [-0.2, -0.15) is 0 Å². The maximum atomic E-state index is 12.9. The number of amides is 1. The molecule has 0 bridgehead atoms. The van der Waals surface area contributed by atoms with Crippen molar-refractivity contribution in [3.8, 4) is 5.75 Å². The largest absolute Gasteiger partial charge is 0.488 e. The number of hydrogen-bond acceptors (Lipinski definition) is 6. The molecule has 7 heteroatoms. The number of anilines is 1. The number of para-hydroxylation sites is 1. The number of aryl methyl sites for hydroxylation is 4. The lowest BCUT2D eigenvalue weighted by atomic mass is 10.2. The fraction of sp³-hybridized carbons (Fsp3) is 0.381. The normalized spacial score (nSPS) is 13.6. The molecule has 4 rings (SSSR count). The molecule has 0 atom stereocenters. The quantitative estimate of drug-likeness (QED) is 0.623. The molecule has 0 aliphatic heterocycles. The molecule has 146 valence electrons. The molecular weight excluding hydrogens is 374 g/mol. The van der Waals surface area contributed by atoms with Crippen LogP contribution in [-0.4, -0.2) is 16.0 Å². The Kier molecular flexibility index (Phi) is 5.43. The molecule has 1 amide bonds. The lowest BCUT2D eigenvalue weighted by molar-refractivity contribution is 0.102. The highest BCUT2D eigenvalue weighted by Gasteiger charge is 2.18. The lowest BCUT2D eigenvalue weighted by Crippen LogP contribution is -2.13. The molecular formula is C21H23N3O3S. The molecule has 0 spiro atoms. The zero-order valence-electron chi connectivity index (χ0n) is 16.1. The first-order valence-electron chi connectivity index (χ1n) is 9.55. The van der Waals surface area contributed by atoms with E-state index in [-0.39, 0.29) is 5.91 Å². The Balaban J connectivity index is 1.49. The maximum Gasteiger partial charge on any atom is 0.261 e. The van der Waals surface area contributed by atoms with Gasteiger partial charge in [-0.1, -0.05) is 23.7 Å². The number of rotatable bonds is 5. The van der Waals surface area contributed by atoms with Crippen LogP contribution in [0.3, 0.4) is 0 Å². The van der Waals surface area contributed by atoms with Crippen molar-refractivity contribution in [1.82, 2.24) is 10.1 Å². The first-order valence-corrected chi connectivity index (χ1v) is 10.4. The smallest absolute Gasteiger partial charge is 0.261 e. The van der Waals surface area contributed by atoms with Crippen molar-refractivity contribution in [2.45, 2.75) is 52.6 Å². The summed E-state index contributed by atoms with van der Waals surface area (Å²) in [6.07, 6.45) is 5.67. The average Bonchev–Trinajstić information content (AvgIpc) is 3.14. The lowest BCUT2D eigenvalue weighted by Gasteiger charge is -2.10. The van der Waals surface area contributed by atoms with Crippen LogP contribution >= 0.6 is 11.3 Å². The van der Waals surface area contributed by atoms with E-state index in [0.29, 0.717) is 23.1 Å². The van der Waals surface area contributed by atoms with Crippen molar-refractivity contribution >= 4 is 22.4 Å². The van der Waals surface area contributed by atoms with Gasteiger partial charge < -0.3 is 9.26 Å². The van der Waals surface area contributed by atoms with E-state index in [4.69, 9.17) is 9.26 Å². The summed E-state index contributed by atoms with van der Waals surface area (Å²) in [5.74, 6) is 1.04. The highest BCUT2D eigenvalue weighted by Crippen LogP contribution is 2.30. The van der Waals surface area contributed by atoms with Gasteiger partial charge in [0, 0.05) is 4.88 Å².